The number of hydrogen-bond acceptors (Lipinski definition) is 6. The van der Waals surface area contributed by atoms with E-state index in [-0.39, 0.29) is 0 Å². The SMILES string of the molecule is SCCOCCN1CCN(c2nccs2)CC1. The van der Waals surface area contributed by atoms with Crippen molar-refractivity contribution in [2.45, 2.75) is 0 Å². The summed E-state index contributed by atoms with van der Waals surface area (Å²) < 4.78 is 5.44. The Kier molecular flexibility index (Phi) is 5.57. The maximum atomic E-state index is 5.44. The van der Waals surface area contributed by atoms with Gasteiger partial charge in [-0.25, -0.2) is 4.98 Å². The molecule has 1 aliphatic heterocycles. The minimum absolute atomic E-state index is 0.752. The predicted molar refractivity (Wildman–Crippen MR) is 75.4 cm³/mol. The van der Waals surface area contributed by atoms with Crippen LogP contribution in [0.4, 0.5) is 5.13 Å². The summed E-state index contributed by atoms with van der Waals surface area (Å²) in [7, 11) is 0. The van der Waals surface area contributed by atoms with Gasteiger partial charge in [-0.05, 0) is 0 Å². The molecule has 0 aromatic carbocycles. The molecule has 1 aromatic rings. The zero-order valence-corrected chi connectivity index (χ0v) is 11.6. The van der Waals surface area contributed by atoms with Crippen LogP contribution in [0.1, 0.15) is 0 Å². The van der Waals surface area contributed by atoms with E-state index in [0.29, 0.717) is 0 Å². The molecule has 0 amide bonds. The lowest BCUT2D eigenvalue weighted by molar-refractivity contribution is 0.113. The Hall–Kier alpha value is -0.300. The summed E-state index contributed by atoms with van der Waals surface area (Å²) in [5.74, 6) is 0.803. The summed E-state index contributed by atoms with van der Waals surface area (Å²) in [6.07, 6.45) is 1.87. The molecule has 0 aliphatic carbocycles. The van der Waals surface area contributed by atoms with Crippen molar-refractivity contribution in [2.75, 3.05) is 56.6 Å². The maximum absolute atomic E-state index is 5.44. The van der Waals surface area contributed by atoms with Crippen LogP contribution in [0, 0.1) is 0 Å². The first-order chi connectivity index (χ1) is 8.40. The molecule has 17 heavy (non-hydrogen) atoms. The number of rotatable bonds is 6. The van der Waals surface area contributed by atoms with Gasteiger partial charge in [-0.15, -0.1) is 11.3 Å². The number of ether oxygens (including phenoxy) is 1. The van der Waals surface area contributed by atoms with Crippen LogP contribution in [-0.2, 0) is 4.74 Å². The van der Waals surface area contributed by atoms with Crippen LogP contribution in [0.2, 0.25) is 0 Å². The monoisotopic (exact) mass is 273 g/mol. The van der Waals surface area contributed by atoms with Crippen molar-refractivity contribution in [2.24, 2.45) is 0 Å². The minimum Gasteiger partial charge on any atom is -0.379 e. The zero-order chi connectivity index (χ0) is 11.9. The molecule has 0 unspecified atom stereocenters. The molecule has 1 aromatic heterocycles. The van der Waals surface area contributed by atoms with Crippen molar-refractivity contribution in [3.63, 3.8) is 0 Å². The van der Waals surface area contributed by atoms with Gasteiger partial charge in [0.25, 0.3) is 0 Å². The van der Waals surface area contributed by atoms with Crippen molar-refractivity contribution in [1.29, 1.82) is 0 Å². The third kappa shape index (κ3) is 4.13. The molecule has 0 atom stereocenters. The predicted octanol–water partition coefficient (Wildman–Crippen LogP) is 1.21. The molecule has 0 spiro atoms. The Bertz CT molecular complexity index is 300. The van der Waals surface area contributed by atoms with Crippen molar-refractivity contribution in [3.05, 3.63) is 11.6 Å². The van der Waals surface area contributed by atoms with E-state index in [0.717, 1.165) is 56.8 Å². The summed E-state index contributed by atoms with van der Waals surface area (Å²) in [6.45, 7) is 6.94. The van der Waals surface area contributed by atoms with Crippen LogP contribution in [0.3, 0.4) is 0 Å². The molecule has 2 rings (SSSR count). The van der Waals surface area contributed by atoms with Crippen LogP contribution in [-0.4, -0.2) is 61.6 Å². The van der Waals surface area contributed by atoms with Gasteiger partial charge in [0.05, 0.1) is 13.2 Å². The van der Waals surface area contributed by atoms with Crippen LogP contribution < -0.4 is 4.90 Å². The summed E-state index contributed by atoms with van der Waals surface area (Å²) in [6, 6.07) is 0. The van der Waals surface area contributed by atoms with Gasteiger partial charge >= 0.3 is 0 Å². The number of piperazine rings is 1. The molecule has 0 radical (unpaired) electrons. The van der Waals surface area contributed by atoms with Gasteiger partial charge in [0.1, 0.15) is 0 Å². The summed E-state index contributed by atoms with van der Waals surface area (Å²) in [4.78, 5) is 9.15. The van der Waals surface area contributed by atoms with E-state index in [1.54, 1.807) is 11.3 Å². The first kappa shape index (κ1) is 13.1. The van der Waals surface area contributed by atoms with Gasteiger partial charge in [-0.2, -0.15) is 12.6 Å². The van der Waals surface area contributed by atoms with E-state index in [2.05, 4.69) is 27.4 Å². The van der Waals surface area contributed by atoms with Crippen molar-refractivity contribution in [1.82, 2.24) is 9.88 Å². The number of hydrogen-bond donors (Lipinski definition) is 1. The molecule has 0 bridgehead atoms. The minimum atomic E-state index is 0.752. The molecule has 1 fully saturated rings. The summed E-state index contributed by atoms with van der Waals surface area (Å²) >= 11 is 5.83. The van der Waals surface area contributed by atoms with Crippen LogP contribution in [0.25, 0.3) is 0 Å². The number of aromatic nitrogens is 1. The zero-order valence-electron chi connectivity index (χ0n) is 9.92. The number of nitrogens with zero attached hydrogens (tertiary/aromatic N) is 3. The molecule has 6 heteroatoms. The summed E-state index contributed by atoms with van der Waals surface area (Å²) in [5.41, 5.74) is 0. The Balaban J connectivity index is 1.64. The van der Waals surface area contributed by atoms with E-state index in [1.165, 1.54) is 0 Å². The molecule has 0 saturated carbocycles. The van der Waals surface area contributed by atoms with Gasteiger partial charge in [-0.1, -0.05) is 0 Å². The Morgan fingerprint density at radius 3 is 2.76 bits per heavy atom. The summed E-state index contributed by atoms with van der Waals surface area (Å²) in [5, 5.41) is 3.18. The van der Waals surface area contributed by atoms with Gasteiger partial charge in [-0.3, -0.25) is 4.90 Å². The van der Waals surface area contributed by atoms with Crippen molar-refractivity contribution in [3.8, 4) is 0 Å². The lowest BCUT2D eigenvalue weighted by atomic mass is 10.3. The van der Waals surface area contributed by atoms with Crippen LogP contribution in [0.15, 0.2) is 11.6 Å². The third-order valence-electron chi connectivity index (χ3n) is 2.85. The average Bonchev–Trinajstić information content (AvgIpc) is 2.89. The highest BCUT2D eigenvalue weighted by Crippen LogP contribution is 2.18. The van der Waals surface area contributed by atoms with E-state index in [1.807, 2.05) is 11.6 Å². The molecule has 0 N–H and O–H groups in total. The van der Waals surface area contributed by atoms with E-state index < -0.39 is 0 Å². The molecule has 96 valence electrons. The van der Waals surface area contributed by atoms with Gasteiger partial charge in [0.2, 0.25) is 0 Å². The van der Waals surface area contributed by atoms with Crippen LogP contribution >= 0.6 is 24.0 Å². The van der Waals surface area contributed by atoms with Gasteiger partial charge in [0.15, 0.2) is 5.13 Å². The molecule has 1 saturated heterocycles. The topological polar surface area (TPSA) is 28.6 Å². The first-order valence-corrected chi connectivity index (χ1v) is 7.47. The molecule has 1 aliphatic rings. The normalized spacial score (nSPS) is 17.6. The lowest BCUT2D eigenvalue weighted by Gasteiger charge is -2.34. The highest BCUT2D eigenvalue weighted by molar-refractivity contribution is 7.80. The highest BCUT2D eigenvalue weighted by atomic mass is 32.1. The third-order valence-corrected chi connectivity index (χ3v) is 3.86. The molecule has 2 heterocycles. The number of thiazole rings is 1. The lowest BCUT2D eigenvalue weighted by Crippen LogP contribution is -2.47. The molecular weight excluding hydrogens is 254 g/mol. The Morgan fingerprint density at radius 1 is 1.29 bits per heavy atom. The maximum Gasteiger partial charge on any atom is 0.185 e. The standard InChI is InChI=1S/C11H19N3OS2/c16-9-8-15-7-6-13-2-4-14(5-3-13)11-12-1-10-17-11/h1,10,16H,2-9H2. The van der Waals surface area contributed by atoms with E-state index in [4.69, 9.17) is 4.74 Å². The van der Waals surface area contributed by atoms with Gasteiger partial charge in [0, 0.05) is 50.1 Å². The fourth-order valence-electron chi connectivity index (χ4n) is 1.90. The van der Waals surface area contributed by atoms with Gasteiger partial charge < -0.3 is 9.64 Å². The highest BCUT2D eigenvalue weighted by Gasteiger charge is 2.17. The average molecular weight is 273 g/mol. The second-order valence-corrected chi connectivity index (χ2v) is 5.30. The smallest absolute Gasteiger partial charge is 0.185 e. The first-order valence-electron chi connectivity index (χ1n) is 5.95. The van der Waals surface area contributed by atoms with E-state index >= 15 is 0 Å². The fraction of sp³-hybridized carbons (Fsp3) is 0.727. The number of anilines is 1. The molecule has 4 nitrogen and oxygen atoms in total. The second-order valence-electron chi connectivity index (χ2n) is 3.98. The van der Waals surface area contributed by atoms with Crippen molar-refractivity contribution >= 4 is 29.1 Å². The largest absolute Gasteiger partial charge is 0.379 e. The van der Waals surface area contributed by atoms with E-state index in [9.17, 15) is 0 Å². The fourth-order valence-corrected chi connectivity index (χ4v) is 2.72. The molecular formula is C11H19N3OS2. The Morgan fingerprint density at radius 2 is 2.12 bits per heavy atom. The quantitative estimate of drug-likeness (QED) is 0.623. The van der Waals surface area contributed by atoms with Crippen molar-refractivity contribution < 1.29 is 4.74 Å². The number of thiol groups is 1. The Labute approximate surface area is 112 Å². The van der Waals surface area contributed by atoms with Crippen LogP contribution in [0.5, 0.6) is 0 Å². The second kappa shape index (κ2) is 7.20.